The molecule has 0 radical (unpaired) electrons. The Morgan fingerprint density at radius 3 is 1.66 bits per heavy atom. The first-order valence-corrected chi connectivity index (χ1v) is 20.4. The summed E-state index contributed by atoms with van der Waals surface area (Å²) in [6.45, 7) is 5.16. The van der Waals surface area contributed by atoms with Crippen LogP contribution >= 0.6 is 0 Å². The highest BCUT2D eigenvalue weighted by molar-refractivity contribution is 5.50. The average Bonchev–Trinajstić information content (AvgIpc) is 3.76. The second kappa shape index (κ2) is 19.9. The minimum absolute atomic E-state index is 0.300. The lowest BCUT2D eigenvalue weighted by Gasteiger charge is -2.46. The van der Waals surface area contributed by atoms with E-state index in [-0.39, 0.29) is 0 Å². The number of hydrogen-bond acceptors (Lipinski definition) is 7. The number of ether oxygens (including phenoxy) is 7. The molecule has 6 aromatic rings. The summed E-state index contributed by atoms with van der Waals surface area (Å²) in [5, 5.41) is 0. The summed E-state index contributed by atoms with van der Waals surface area (Å²) in [6.07, 6.45) is -1.03. The molecule has 298 valence electrons. The first kappa shape index (κ1) is 39.5. The number of hydrogen-bond donors (Lipinski definition) is 0. The van der Waals surface area contributed by atoms with Crippen molar-refractivity contribution in [2.45, 2.75) is 76.7 Å². The zero-order chi connectivity index (χ0) is 39.4. The van der Waals surface area contributed by atoms with Crippen LogP contribution in [0.4, 0.5) is 0 Å². The SMILES string of the molecule is CCOc1ccc(Cc2cc([C@@H]3O[C@H](COCc4ccccc4)[C@@H](OCc4ccccc4)[C@H](OCc4ccccc4)[C@H]3OCc3ccccc3)cc3c2OCC3)cc1. The highest BCUT2D eigenvalue weighted by Crippen LogP contribution is 2.42. The second-order valence-electron chi connectivity index (χ2n) is 14.9. The summed E-state index contributed by atoms with van der Waals surface area (Å²) in [5.41, 5.74) is 8.77. The van der Waals surface area contributed by atoms with Gasteiger partial charge in [-0.2, -0.15) is 0 Å². The van der Waals surface area contributed by atoms with Crippen LogP contribution in [0.1, 0.15) is 57.5 Å². The third-order valence-electron chi connectivity index (χ3n) is 10.7. The molecule has 8 rings (SSSR count). The van der Waals surface area contributed by atoms with E-state index in [0.29, 0.717) is 52.7 Å². The Labute approximate surface area is 342 Å². The zero-order valence-electron chi connectivity index (χ0n) is 33.1. The summed E-state index contributed by atoms with van der Waals surface area (Å²) in [7, 11) is 0. The first-order valence-electron chi connectivity index (χ1n) is 20.4. The van der Waals surface area contributed by atoms with Gasteiger partial charge in [0.1, 0.15) is 42.0 Å². The molecule has 58 heavy (non-hydrogen) atoms. The maximum Gasteiger partial charge on any atom is 0.126 e. The van der Waals surface area contributed by atoms with E-state index in [2.05, 4.69) is 72.8 Å². The van der Waals surface area contributed by atoms with Crippen molar-refractivity contribution in [1.29, 1.82) is 0 Å². The van der Waals surface area contributed by atoms with E-state index < -0.39 is 30.5 Å². The fourth-order valence-electron chi connectivity index (χ4n) is 7.86. The summed E-state index contributed by atoms with van der Waals surface area (Å²) in [6, 6.07) is 53.8. The first-order chi connectivity index (χ1) is 28.7. The van der Waals surface area contributed by atoms with Crippen molar-refractivity contribution in [2.24, 2.45) is 0 Å². The maximum atomic E-state index is 7.29. The number of fused-ring (bicyclic) bond motifs is 1. The molecular formula is C51H52O7. The fraction of sp³-hybridized carbons (Fsp3) is 0.294. The second-order valence-corrected chi connectivity index (χ2v) is 14.9. The van der Waals surface area contributed by atoms with E-state index in [1.807, 2.05) is 91.9 Å². The maximum absolute atomic E-state index is 7.29. The van der Waals surface area contributed by atoms with E-state index in [9.17, 15) is 0 Å². The lowest BCUT2D eigenvalue weighted by Crippen LogP contribution is -2.58. The van der Waals surface area contributed by atoms with Crippen molar-refractivity contribution in [3.63, 3.8) is 0 Å². The summed E-state index contributed by atoms with van der Waals surface area (Å²) >= 11 is 0. The molecule has 7 nitrogen and oxygen atoms in total. The van der Waals surface area contributed by atoms with Gasteiger partial charge in [0.05, 0.1) is 46.2 Å². The molecule has 5 atom stereocenters. The van der Waals surface area contributed by atoms with Gasteiger partial charge in [0.2, 0.25) is 0 Å². The van der Waals surface area contributed by atoms with Crippen LogP contribution in [0, 0.1) is 0 Å². The minimum atomic E-state index is -0.534. The molecule has 1 fully saturated rings. The van der Waals surface area contributed by atoms with Crippen molar-refractivity contribution >= 4 is 0 Å². The van der Waals surface area contributed by atoms with E-state index in [4.69, 9.17) is 33.2 Å². The summed E-state index contributed by atoms with van der Waals surface area (Å²) in [4.78, 5) is 0. The van der Waals surface area contributed by atoms with Crippen LogP contribution in [0.25, 0.3) is 0 Å². The van der Waals surface area contributed by atoms with Crippen molar-refractivity contribution < 1.29 is 33.2 Å². The highest BCUT2D eigenvalue weighted by Gasteiger charge is 2.49. The molecule has 7 heteroatoms. The Kier molecular flexibility index (Phi) is 13.6. The van der Waals surface area contributed by atoms with Gasteiger partial charge in [-0.1, -0.05) is 133 Å². The van der Waals surface area contributed by atoms with Crippen LogP contribution in [0.2, 0.25) is 0 Å². The lowest BCUT2D eigenvalue weighted by atomic mass is 9.88. The molecule has 0 bridgehead atoms. The monoisotopic (exact) mass is 776 g/mol. The molecule has 0 unspecified atom stereocenters. The Morgan fingerprint density at radius 2 is 1.09 bits per heavy atom. The van der Waals surface area contributed by atoms with Crippen LogP contribution in [0.3, 0.4) is 0 Å². The Morgan fingerprint density at radius 1 is 0.552 bits per heavy atom. The lowest BCUT2D eigenvalue weighted by molar-refractivity contribution is -0.275. The molecule has 2 heterocycles. The molecule has 6 aromatic carbocycles. The molecule has 0 saturated carbocycles. The van der Waals surface area contributed by atoms with Gasteiger partial charge in [0, 0.05) is 12.8 Å². The van der Waals surface area contributed by atoms with Crippen LogP contribution < -0.4 is 9.47 Å². The van der Waals surface area contributed by atoms with E-state index >= 15 is 0 Å². The minimum Gasteiger partial charge on any atom is -0.494 e. The summed E-state index contributed by atoms with van der Waals surface area (Å²) < 4.78 is 46.8. The zero-order valence-corrected chi connectivity index (χ0v) is 33.1. The molecule has 2 aliphatic heterocycles. The fourth-order valence-corrected chi connectivity index (χ4v) is 7.86. The molecule has 1 saturated heterocycles. The van der Waals surface area contributed by atoms with Gasteiger partial charge >= 0.3 is 0 Å². The van der Waals surface area contributed by atoms with Gasteiger partial charge in [-0.3, -0.25) is 0 Å². The van der Waals surface area contributed by atoms with Crippen molar-refractivity contribution in [3.05, 3.63) is 202 Å². The standard InChI is InChI=1S/C51H52O7/c1-2-53-45-25-23-37(24-26-45)29-43-31-44(30-42-27-28-54-47(42)43)48-50(56-34-40-19-11-5-12-20-40)51(57-35-41-21-13-6-14-22-41)49(55-33-39-17-9-4-10-18-39)46(58-48)36-52-32-38-15-7-3-8-16-38/h3-26,30-31,46,48-51H,2,27-29,32-36H2,1H3/t46-,48+,49-,50+,51+/m1/s1. The van der Waals surface area contributed by atoms with Gasteiger partial charge in [-0.15, -0.1) is 0 Å². The van der Waals surface area contributed by atoms with E-state index in [1.165, 1.54) is 11.1 Å². The van der Waals surface area contributed by atoms with Crippen LogP contribution in [-0.4, -0.2) is 44.2 Å². The predicted octanol–water partition coefficient (Wildman–Crippen LogP) is 10.0. The molecular weight excluding hydrogens is 725 g/mol. The molecule has 0 amide bonds. The van der Waals surface area contributed by atoms with Gasteiger partial charge in [0.25, 0.3) is 0 Å². The molecule has 0 aliphatic carbocycles. The van der Waals surface area contributed by atoms with E-state index in [1.54, 1.807) is 0 Å². The molecule has 0 N–H and O–H groups in total. The average molecular weight is 777 g/mol. The Balaban J connectivity index is 1.18. The topological polar surface area (TPSA) is 64.6 Å². The van der Waals surface area contributed by atoms with Crippen LogP contribution in [0.15, 0.2) is 158 Å². The van der Waals surface area contributed by atoms with Gasteiger partial charge in [-0.05, 0) is 75.7 Å². The Bertz CT molecular complexity index is 2130. The van der Waals surface area contributed by atoms with Crippen molar-refractivity contribution in [2.75, 3.05) is 19.8 Å². The van der Waals surface area contributed by atoms with Crippen molar-refractivity contribution in [1.82, 2.24) is 0 Å². The summed E-state index contributed by atoms with van der Waals surface area (Å²) in [5.74, 6) is 1.82. The molecule has 0 aromatic heterocycles. The largest absolute Gasteiger partial charge is 0.494 e. The van der Waals surface area contributed by atoms with Gasteiger partial charge in [0.15, 0.2) is 0 Å². The predicted molar refractivity (Wildman–Crippen MR) is 225 cm³/mol. The Hall–Kier alpha value is -5.28. The third-order valence-corrected chi connectivity index (χ3v) is 10.7. The van der Waals surface area contributed by atoms with Gasteiger partial charge in [-0.25, -0.2) is 0 Å². The molecule has 0 spiro atoms. The quantitative estimate of drug-likeness (QED) is 0.0862. The third kappa shape index (κ3) is 10.2. The smallest absolute Gasteiger partial charge is 0.126 e. The normalized spacial score (nSPS) is 20.0. The molecule has 2 aliphatic rings. The van der Waals surface area contributed by atoms with Gasteiger partial charge < -0.3 is 33.2 Å². The van der Waals surface area contributed by atoms with Crippen molar-refractivity contribution in [3.8, 4) is 11.5 Å². The van der Waals surface area contributed by atoms with Crippen LogP contribution in [0.5, 0.6) is 11.5 Å². The highest BCUT2D eigenvalue weighted by atomic mass is 16.6. The van der Waals surface area contributed by atoms with E-state index in [0.717, 1.165) is 51.3 Å². The number of rotatable bonds is 18. The number of benzene rings is 6. The van der Waals surface area contributed by atoms with Crippen LogP contribution in [-0.2, 0) is 63.0 Å².